The molecule has 2 nitrogen and oxygen atoms in total. The van der Waals surface area contributed by atoms with Crippen molar-refractivity contribution in [1.82, 2.24) is 0 Å². The summed E-state index contributed by atoms with van der Waals surface area (Å²) in [6, 6.07) is 16.5. The number of rotatable bonds is 3. The Hall–Kier alpha value is -1.64. The van der Waals surface area contributed by atoms with E-state index >= 15 is 0 Å². The first-order chi connectivity index (χ1) is 14.2. The third-order valence-electron chi connectivity index (χ3n) is 7.90. The average Bonchev–Trinajstić information content (AvgIpc) is 3.29. The van der Waals surface area contributed by atoms with Crippen LogP contribution in [0.3, 0.4) is 0 Å². The molecule has 0 spiro atoms. The van der Waals surface area contributed by atoms with Crippen molar-refractivity contribution < 1.29 is 10.2 Å². The molecule has 0 aliphatic heterocycles. The second-order valence-corrected chi connectivity index (χ2v) is 9.35. The molecule has 2 aliphatic rings. The van der Waals surface area contributed by atoms with Crippen LogP contribution in [-0.2, 0) is 12.8 Å². The zero-order valence-electron chi connectivity index (χ0n) is 20.2. The monoisotopic (exact) mass is 410 g/mol. The molecule has 2 aromatic rings. The molecule has 2 aromatic carbocycles. The lowest BCUT2D eigenvalue weighted by atomic mass is 9.54. The van der Waals surface area contributed by atoms with Crippen molar-refractivity contribution in [3.05, 3.63) is 70.8 Å². The molecular weight excluding hydrogens is 368 g/mol. The molecule has 0 aromatic heterocycles. The predicted octanol–water partition coefficient (Wildman–Crippen LogP) is 6.90. The smallest absolute Gasteiger partial charge is 0.0829 e. The molecule has 0 fully saturated rings. The molecule has 2 N–H and O–H groups in total. The summed E-state index contributed by atoms with van der Waals surface area (Å²) >= 11 is 0. The summed E-state index contributed by atoms with van der Waals surface area (Å²) in [5.74, 6) is 0.316. The van der Waals surface area contributed by atoms with Gasteiger partial charge in [0.05, 0.1) is 12.2 Å². The highest BCUT2D eigenvalue weighted by Gasteiger charge is 2.54. The highest BCUT2D eigenvalue weighted by atomic mass is 16.3. The quantitative estimate of drug-likeness (QED) is 0.577. The van der Waals surface area contributed by atoms with E-state index in [-0.39, 0.29) is 22.7 Å². The van der Waals surface area contributed by atoms with Crippen LogP contribution in [0.5, 0.6) is 0 Å². The van der Waals surface area contributed by atoms with Gasteiger partial charge in [-0.2, -0.15) is 0 Å². The van der Waals surface area contributed by atoms with Crippen LogP contribution in [0.4, 0.5) is 0 Å². The summed E-state index contributed by atoms with van der Waals surface area (Å²) in [6.07, 6.45) is 0.954. The number of aliphatic hydroxyl groups excluding tert-OH is 2. The molecule has 0 saturated heterocycles. The lowest BCUT2D eigenvalue weighted by molar-refractivity contribution is -0.0864. The van der Waals surface area contributed by atoms with Gasteiger partial charge in [-0.05, 0) is 57.8 Å². The normalized spacial score (nSPS) is 24.7. The lowest BCUT2D eigenvalue weighted by Gasteiger charge is -2.51. The summed E-state index contributed by atoms with van der Waals surface area (Å²) in [5.41, 5.74) is 4.44. The van der Waals surface area contributed by atoms with Crippen LogP contribution in [-0.4, -0.2) is 10.2 Å². The standard InChI is InChI=1S/C24H30O2.2C2H6/c1-23(2,19-13-15-9-5-7-11-17(15)21(19)25)24(3,4)20-14-16-10-6-8-12-18(16)22(20)26;2*1-2/h5-12,19-22,25-26H,13-14H2,1-4H3;2*1-2H3. The van der Waals surface area contributed by atoms with E-state index in [0.717, 1.165) is 24.0 Å². The fourth-order valence-electron chi connectivity index (χ4n) is 5.40. The van der Waals surface area contributed by atoms with E-state index < -0.39 is 12.2 Å². The summed E-state index contributed by atoms with van der Waals surface area (Å²) in [6.45, 7) is 17.1. The number of hydrogen-bond donors (Lipinski definition) is 2. The van der Waals surface area contributed by atoms with Crippen LogP contribution in [0.15, 0.2) is 48.5 Å². The van der Waals surface area contributed by atoms with Crippen molar-refractivity contribution in [2.24, 2.45) is 22.7 Å². The third kappa shape index (κ3) is 3.97. The van der Waals surface area contributed by atoms with E-state index in [4.69, 9.17) is 0 Å². The van der Waals surface area contributed by atoms with Gasteiger partial charge in [-0.3, -0.25) is 0 Å². The number of aliphatic hydroxyl groups is 2. The van der Waals surface area contributed by atoms with Crippen LogP contribution < -0.4 is 0 Å². The van der Waals surface area contributed by atoms with Crippen LogP contribution in [0.1, 0.15) is 89.9 Å². The van der Waals surface area contributed by atoms with Gasteiger partial charge in [0.2, 0.25) is 0 Å². The van der Waals surface area contributed by atoms with E-state index in [1.54, 1.807) is 0 Å². The van der Waals surface area contributed by atoms with Crippen molar-refractivity contribution in [3.63, 3.8) is 0 Å². The van der Waals surface area contributed by atoms with E-state index in [1.807, 2.05) is 39.8 Å². The largest absolute Gasteiger partial charge is 0.388 e. The second-order valence-electron chi connectivity index (χ2n) is 9.35. The minimum Gasteiger partial charge on any atom is -0.388 e. The van der Waals surface area contributed by atoms with Gasteiger partial charge in [0.1, 0.15) is 0 Å². The van der Waals surface area contributed by atoms with E-state index in [9.17, 15) is 10.2 Å². The fraction of sp³-hybridized carbons (Fsp3) is 0.571. The summed E-state index contributed by atoms with van der Waals surface area (Å²) in [7, 11) is 0. The van der Waals surface area contributed by atoms with Gasteiger partial charge in [0.25, 0.3) is 0 Å². The zero-order valence-corrected chi connectivity index (χ0v) is 20.2. The van der Waals surface area contributed by atoms with Crippen molar-refractivity contribution in [1.29, 1.82) is 0 Å². The number of hydrogen-bond acceptors (Lipinski definition) is 2. The molecule has 4 rings (SSSR count). The Balaban J connectivity index is 0.000000757. The van der Waals surface area contributed by atoms with E-state index in [2.05, 4.69) is 64.1 Å². The Morgan fingerprint density at radius 1 is 0.600 bits per heavy atom. The molecule has 0 radical (unpaired) electrons. The molecule has 0 heterocycles. The maximum absolute atomic E-state index is 11.1. The van der Waals surface area contributed by atoms with Crippen LogP contribution in [0.2, 0.25) is 0 Å². The molecule has 30 heavy (non-hydrogen) atoms. The van der Waals surface area contributed by atoms with Gasteiger partial charge in [0.15, 0.2) is 0 Å². The first kappa shape index (κ1) is 24.6. The Bertz CT molecular complexity index is 751. The van der Waals surface area contributed by atoms with Gasteiger partial charge in [-0.25, -0.2) is 0 Å². The molecule has 0 amide bonds. The molecule has 4 atom stereocenters. The summed E-state index contributed by atoms with van der Waals surface area (Å²) in [5, 5.41) is 22.1. The molecule has 4 unspecified atom stereocenters. The Labute approximate surface area is 184 Å². The molecule has 0 bridgehead atoms. The maximum Gasteiger partial charge on any atom is 0.0829 e. The molecule has 166 valence electrons. The summed E-state index contributed by atoms with van der Waals surface area (Å²) < 4.78 is 0. The van der Waals surface area contributed by atoms with Gasteiger partial charge in [-0.15, -0.1) is 0 Å². The van der Waals surface area contributed by atoms with Gasteiger partial charge < -0.3 is 10.2 Å². The Morgan fingerprint density at radius 2 is 0.900 bits per heavy atom. The van der Waals surface area contributed by atoms with Crippen molar-refractivity contribution in [3.8, 4) is 0 Å². The van der Waals surface area contributed by atoms with Crippen LogP contribution in [0, 0.1) is 22.7 Å². The number of benzene rings is 2. The lowest BCUT2D eigenvalue weighted by Crippen LogP contribution is -2.46. The van der Waals surface area contributed by atoms with Crippen LogP contribution >= 0.6 is 0 Å². The first-order valence-electron chi connectivity index (χ1n) is 11.8. The van der Waals surface area contributed by atoms with Crippen molar-refractivity contribution >= 4 is 0 Å². The Morgan fingerprint density at radius 3 is 1.20 bits per heavy atom. The third-order valence-corrected chi connectivity index (χ3v) is 7.90. The molecule has 2 aliphatic carbocycles. The van der Waals surface area contributed by atoms with Crippen molar-refractivity contribution in [2.45, 2.75) is 80.4 Å². The van der Waals surface area contributed by atoms with E-state index in [1.165, 1.54) is 11.1 Å². The highest BCUT2D eigenvalue weighted by Crippen LogP contribution is 2.60. The molecule has 2 heteroatoms. The molecular formula is C28H42O2. The maximum atomic E-state index is 11.1. The fourth-order valence-corrected chi connectivity index (χ4v) is 5.40. The zero-order chi connectivity index (χ0) is 22.7. The summed E-state index contributed by atoms with van der Waals surface area (Å²) in [4.78, 5) is 0. The predicted molar refractivity (Wildman–Crippen MR) is 127 cm³/mol. The molecule has 0 saturated carbocycles. The van der Waals surface area contributed by atoms with Gasteiger partial charge in [-0.1, -0.05) is 104 Å². The van der Waals surface area contributed by atoms with E-state index in [0.29, 0.717) is 0 Å². The minimum absolute atomic E-state index is 0.126. The van der Waals surface area contributed by atoms with Crippen LogP contribution in [0.25, 0.3) is 0 Å². The Kier molecular flexibility index (Phi) is 7.93. The van der Waals surface area contributed by atoms with Gasteiger partial charge in [0, 0.05) is 0 Å². The minimum atomic E-state index is -0.429. The highest BCUT2D eigenvalue weighted by molar-refractivity contribution is 5.37. The topological polar surface area (TPSA) is 40.5 Å². The first-order valence-corrected chi connectivity index (χ1v) is 11.8. The SMILES string of the molecule is CC.CC.CC(C)(C1Cc2ccccc2C1O)C(C)(C)C1Cc2ccccc2C1O. The average molecular weight is 411 g/mol. The second kappa shape index (κ2) is 9.66. The number of fused-ring (bicyclic) bond motifs is 2. The van der Waals surface area contributed by atoms with Gasteiger partial charge >= 0.3 is 0 Å². The van der Waals surface area contributed by atoms with Crippen molar-refractivity contribution in [2.75, 3.05) is 0 Å².